The van der Waals surface area contributed by atoms with Crippen molar-refractivity contribution in [3.8, 4) is 5.75 Å². The van der Waals surface area contributed by atoms with Crippen LogP contribution in [-0.2, 0) is 11.0 Å². The number of hydrogen-bond acceptors (Lipinski definition) is 3. The first-order valence-corrected chi connectivity index (χ1v) is 6.61. The molecule has 0 heterocycles. The fourth-order valence-corrected chi connectivity index (χ4v) is 1.63. The predicted octanol–water partition coefficient (Wildman–Crippen LogP) is 2.75. The highest BCUT2D eigenvalue weighted by molar-refractivity contribution is 5.85. The van der Waals surface area contributed by atoms with Crippen molar-refractivity contribution in [2.45, 2.75) is 38.6 Å². The average molecular weight is 341 g/mol. The molecular weight excluding hydrogens is 321 g/mol. The van der Waals surface area contributed by atoms with E-state index in [4.69, 9.17) is 10.5 Å². The van der Waals surface area contributed by atoms with E-state index in [0.717, 1.165) is 6.07 Å². The quantitative estimate of drug-likeness (QED) is 0.837. The minimum Gasteiger partial charge on any atom is -0.488 e. The Morgan fingerprint density at radius 1 is 1.36 bits per heavy atom. The molecule has 0 aromatic heterocycles. The first kappa shape index (κ1) is 20.5. The van der Waals surface area contributed by atoms with Crippen molar-refractivity contribution < 1.29 is 22.7 Å². The van der Waals surface area contributed by atoms with Crippen LogP contribution >= 0.6 is 12.4 Å². The molecule has 22 heavy (non-hydrogen) atoms. The van der Waals surface area contributed by atoms with Gasteiger partial charge in [0.25, 0.3) is 0 Å². The summed E-state index contributed by atoms with van der Waals surface area (Å²) in [4.78, 5) is 11.4. The summed E-state index contributed by atoms with van der Waals surface area (Å²) in [5, 5.41) is 2.54. The van der Waals surface area contributed by atoms with E-state index in [1.807, 2.05) is 0 Å². The second-order valence-electron chi connectivity index (χ2n) is 4.68. The van der Waals surface area contributed by atoms with Crippen molar-refractivity contribution in [1.82, 2.24) is 5.32 Å². The van der Waals surface area contributed by atoms with Crippen molar-refractivity contribution in [3.05, 3.63) is 29.8 Å². The third-order valence-corrected chi connectivity index (χ3v) is 2.86. The summed E-state index contributed by atoms with van der Waals surface area (Å²) in [6.07, 6.45) is -4.59. The number of para-hydroxylation sites is 1. The molecule has 1 rings (SSSR count). The number of benzene rings is 1. The minimum atomic E-state index is -4.48. The lowest BCUT2D eigenvalue weighted by molar-refractivity contribution is -0.139. The number of ether oxygens (including phenoxy) is 1. The van der Waals surface area contributed by atoms with E-state index in [2.05, 4.69) is 5.32 Å². The zero-order chi connectivity index (χ0) is 16.0. The van der Waals surface area contributed by atoms with Gasteiger partial charge in [0.2, 0.25) is 5.91 Å². The molecule has 0 bridgehead atoms. The van der Waals surface area contributed by atoms with Crippen LogP contribution in [0.5, 0.6) is 5.75 Å². The van der Waals surface area contributed by atoms with Gasteiger partial charge in [-0.3, -0.25) is 4.79 Å². The van der Waals surface area contributed by atoms with Gasteiger partial charge in [-0.15, -0.1) is 12.4 Å². The van der Waals surface area contributed by atoms with Crippen LogP contribution in [0, 0.1) is 0 Å². The molecule has 0 aliphatic rings. The maximum absolute atomic E-state index is 12.9. The van der Waals surface area contributed by atoms with Gasteiger partial charge >= 0.3 is 6.18 Å². The third kappa shape index (κ3) is 6.11. The molecule has 0 saturated carbocycles. The molecule has 1 aromatic carbocycles. The molecular formula is C14H20ClF3N2O2. The number of nitrogens with one attached hydrogen (secondary N) is 1. The summed E-state index contributed by atoms with van der Waals surface area (Å²) in [5.74, 6) is -0.618. The van der Waals surface area contributed by atoms with E-state index in [0.29, 0.717) is 6.42 Å². The van der Waals surface area contributed by atoms with Crippen LogP contribution in [0.1, 0.15) is 25.8 Å². The second kappa shape index (κ2) is 8.85. The zero-order valence-corrected chi connectivity index (χ0v) is 13.1. The lowest BCUT2D eigenvalue weighted by Gasteiger charge is -2.21. The SMILES string of the molecule is CCC(CNC(=O)[C@H](C)N)Oc1ccccc1C(F)(F)F.Cl. The number of hydrogen-bond donors (Lipinski definition) is 2. The topological polar surface area (TPSA) is 64.4 Å². The van der Waals surface area contributed by atoms with E-state index in [9.17, 15) is 18.0 Å². The molecule has 2 atom stereocenters. The molecule has 4 nitrogen and oxygen atoms in total. The van der Waals surface area contributed by atoms with Gasteiger partial charge in [0.1, 0.15) is 11.9 Å². The van der Waals surface area contributed by atoms with Crippen molar-refractivity contribution in [3.63, 3.8) is 0 Å². The monoisotopic (exact) mass is 340 g/mol. The summed E-state index contributed by atoms with van der Waals surface area (Å²) in [6, 6.07) is 4.32. The van der Waals surface area contributed by atoms with Crippen LogP contribution < -0.4 is 15.8 Å². The summed E-state index contributed by atoms with van der Waals surface area (Å²) in [6.45, 7) is 3.39. The van der Waals surface area contributed by atoms with E-state index >= 15 is 0 Å². The van der Waals surface area contributed by atoms with Crippen LogP contribution in [0.15, 0.2) is 24.3 Å². The van der Waals surface area contributed by atoms with Gasteiger partial charge in [0.15, 0.2) is 0 Å². The number of halogens is 4. The van der Waals surface area contributed by atoms with Crippen molar-refractivity contribution >= 4 is 18.3 Å². The Morgan fingerprint density at radius 3 is 2.45 bits per heavy atom. The van der Waals surface area contributed by atoms with Crippen molar-refractivity contribution in [2.24, 2.45) is 5.73 Å². The number of carbonyl (C=O) groups is 1. The highest BCUT2D eigenvalue weighted by Gasteiger charge is 2.34. The predicted molar refractivity (Wildman–Crippen MR) is 80.1 cm³/mol. The van der Waals surface area contributed by atoms with E-state index in [1.165, 1.54) is 25.1 Å². The van der Waals surface area contributed by atoms with Crippen LogP contribution in [0.3, 0.4) is 0 Å². The Balaban J connectivity index is 0.00000441. The summed E-state index contributed by atoms with van der Waals surface area (Å²) in [7, 11) is 0. The van der Waals surface area contributed by atoms with Crippen LogP contribution in [0.25, 0.3) is 0 Å². The van der Waals surface area contributed by atoms with E-state index in [-0.39, 0.29) is 30.6 Å². The summed E-state index contributed by atoms with van der Waals surface area (Å²) in [5.41, 5.74) is 4.56. The average Bonchev–Trinajstić information content (AvgIpc) is 2.42. The van der Waals surface area contributed by atoms with E-state index < -0.39 is 23.9 Å². The highest BCUT2D eigenvalue weighted by atomic mass is 35.5. The molecule has 1 aromatic rings. The molecule has 0 radical (unpaired) electrons. The maximum atomic E-state index is 12.9. The molecule has 0 fully saturated rings. The number of rotatable bonds is 6. The lowest BCUT2D eigenvalue weighted by atomic mass is 10.2. The van der Waals surface area contributed by atoms with Gasteiger partial charge in [-0.25, -0.2) is 0 Å². The largest absolute Gasteiger partial charge is 0.488 e. The van der Waals surface area contributed by atoms with Crippen LogP contribution in [0.2, 0.25) is 0 Å². The molecule has 0 saturated heterocycles. The smallest absolute Gasteiger partial charge is 0.419 e. The Morgan fingerprint density at radius 2 is 1.95 bits per heavy atom. The first-order chi connectivity index (χ1) is 9.75. The van der Waals surface area contributed by atoms with Gasteiger partial charge in [0, 0.05) is 0 Å². The fraction of sp³-hybridized carbons (Fsp3) is 0.500. The Hall–Kier alpha value is -1.47. The van der Waals surface area contributed by atoms with Crippen LogP contribution in [-0.4, -0.2) is 24.6 Å². The molecule has 0 aliphatic carbocycles. The molecule has 126 valence electrons. The van der Waals surface area contributed by atoms with Gasteiger partial charge < -0.3 is 15.8 Å². The Kier molecular flexibility index (Phi) is 8.26. The fourth-order valence-electron chi connectivity index (χ4n) is 1.63. The number of nitrogens with two attached hydrogens (primary N) is 1. The normalized spacial score (nSPS) is 13.7. The minimum absolute atomic E-state index is 0. The number of carbonyl (C=O) groups excluding carboxylic acids is 1. The highest BCUT2D eigenvalue weighted by Crippen LogP contribution is 2.36. The lowest BCUT2D eigenvalue weighted by Crippen LogP contribution is -2.43. The van der Waals surface area contributed by atoms with Gasteiger partial charge in [-0.1, -0.05) is 19.1 Å². The molecule has 0 aliphatic heterocycles. The first-order valence-electron chi connectivity index (χ1n) is 6.61. The number of amides is 1. The third-order valence-electron chi connectivity index (χ3n) is 2.86. The van der Waals surface area contributed by atoms with Crippen molar-refractivity contribution in [2.75, 3.05) is 6.54 Å². The summed E-state index contributed by atoms with van der Waals surface area (Å²) < 4.78 is 43.9. The van der Waals surface area contributed by atoms with Gasteiger partial charge in [-0.05, 0) is 25.5 Å². The molecule has 1 amide bonds. The standard InChI is InChI=1S/C14H19F3N2O2.ClH/c1-3-10(8-19-13(20)9(2)18)21-12-7-5-4-6-11(12)14(15,16)17;/h4-7,9-10H,3,8,18H2,1-2H3,(H,19,20);1H/t9-,10?;/m0./s1. The molecule has 8 heteroatoms. The number of alkyl halides is 3. The Labute approximate surface area is 133 Å². The molecule has 1 unspecified atom stereocenters. The summed E-state index contributed by atoms with van der Waals surface area (Å²) >= 11 is 0. The molecule has 0 spiro atoms. The van der Waals surface area contributed by atoms with E-state index in [1.54, 1.807) is 6.92 Å². The maximum Gasteiger partial charge on any atom is 0.419 e. The molecule has 3 N–H and O–H groups in total. The Bertz CT molecular complexity index is 481. The van der Waals surface area contributed by atoms with Crippen molar-refractivity contribution in [1.29, 1.82) is 0 Å². The zero-order valence-electron chi connectivity index (χ0n) is 12.3. The van der Waals surface area contributed by atoms with Crippen LogP contribution in [0.4, 0.5) is 13.2 Å². The van der Waals surface area contributed by atoms with Gasteiger partial charge in [0.05, 0.1) is 18.2 Å². The van der Waals surface area contributed by atoms with Gasteiger partial charge in [-0.2, -0.15) is 13.2 Å². The second-order valence-corrected chi connectivity index (χ2v) is 4.68.